The minimum Gasteiger partial charge on any atom is -0.378 e. The minimum atomic E-state index is 0.647. The van der Waals surface area contributed by atoms with Crippen LogP contribution in [0.5, 0.6) is 0 Å². The Bertz CT molecular complexity index is 625. The number of aromatic nitrogens is 3. The summed E-state index contributed by atoms with van der Waals surface area (Å²) in [5.74, 6) is 1.36. The van der Waals surface area contributed by atoms with Crippen LogP contribution < -0.4 is 10.2 Å². The van der Waals surface area contributed by atoms with E-state index in [0.29, 0.717) is 25.0 Å². The first-order valence-corrected chi connectivity index (χ1v) is 7.10. The molecule has 1 saturated heterocycles. The van der Waals surface area contributed by atoms with Crippen molar-refractivity contribution in [1.29, 1.82) is 0 Å². The lowest BCUT2D eigenvalue weighted by molar-refractivity contribution is 0.122. The zero-order valence-corrected chi connectivity index (χ0v) is 12.3. The molecule has 1 aliphatic rings. The van der Waals surface area contributed by atoms with Crippen molar-refractivity contribution in [3.05, 3.63) is 35.5 Å². The molecule has 0 bridgehead atoms. The summed E-state index contributed by atoms with van der Waals surface area (Å²) in [4.78, 5) is 6.64. The van der Waals surface area contributed by atoms with Crippen LogP contribution in [0.1, 0.15) is 11.1 Å². The van der Waals surface area contributed by atoms with Gasteiger partial charge in [0.05, 0.1) is 19.4 Å². The Hall–Kier alpha value is -2.21. The van der Waals surface area contributed by atoms with Crippen molar-refractivity contribution in [2.24, 2.45) is 0 Å². The van der Waals surface area contributed by atoms with Crippen LogP contribution in [0.15, 0.2) is 24.4 Å². The van der Waals surface area contributed by atoms with E-state index in [9.17, 15) is 0 Å². The number of morpholine rings is 1. The van der Waals surface area contributed by atoms with Crippen molar-refractivity contribution in [3.8, 4) is 0 Å². The van der Waals surface area contributed by atoms with Crippen LogP contribution in [0.2, 0.25) is 0 Å². The smallest absolute Gasteiger partial charge is 0.247 e. The fraction of sp³-hybridized carbons (Fsp3) is 0.400. The van der Waals surface area contributed by atoms with Gasteiger partial charge in [0, 0.05) is 18.8 Å². The Labute approximate surface area is 124 Å². The zero-order chi connectivity index (χ0) is 14.7. The number of nitrogens with one attached hydrogen (secondary N) is 1. The summed E-state index contributed by atoms with van der Waals surface area (Å²) in [6.45, 7) is 7.20. The van der Waals surface area contributed by atoms with Crippen molar-refractivity contribution in [1.82, 2.24) is 15.2 Å². The lowest BCUT2D eigenvalue weighted by Gasteiger charge is -2.26. The number of ether oxygens (including phenoxy) is 1. The highest BCUT2D eigenvalue weighted by Gasteiger charge is 2.14. The molecule has 0 atom stereocenters. The van der Waals surface area contributed by atoms with Crippen molar-refractivity contribution in [2.75, 3.05) is 36.5 Å². The molecule has 0 amide bonds. The van der Waals surface area contributed by atoms with Crippen LogP contribution in [0.25, 0.3) is 0 Å². The maximum Gasteiger partial charge on any atom is 0.247 e. The summed E-state index contributed by atoms with van der Waals surface area (Å²) in [6.07, 6.45) is 1.64. The van der Waals surface area contributed by atoms with Gasteiger partial charge in [0.15, 0.2) is 5.82 Å². The first-order chi connectivity index (χ1) is 10.2. The number of nitrogens with zero attached hydrogens (tertiary/aromatic N) is 4. The number of hydrogen-bond donors (Lipinski definition) is 1. The molecule has 110 valence electrons. The van der Waals surface area contributed by atoms with Gasteiger partial charge in [-0.1, -0.05) is 12.1 Å². The van der Waals surface area contributed by atoms with Crippen molar-refractivity contribution < 1.29 is 4.74 Å². The zero-order valence-electron chi connectivity index (χ0n) is 12.3. The maximum absolute atomic E-state index is 5.34. The minimum absolute atomic E-state index is 0.647. The molecule has 6 heteroatoms. The first-order valence-electron chi connectivity index (χ1n) is 7.10. The molecule has 1 N–H and O–H groups in total. The molecule has 1 fully saturated rings. The van der Waals surface area contributed by atoms with E-state index in [1.165, 1.54) is 11.1 Å². The molecule has 1 aromatic carbocycles. The van der Waals surface area contributed by atoms with Crippen molar-refractivity contribution >= 4 is 17.5 Å². The molecule has 6 nitrogen and oxygen atoms in total. The van der Waals surface area contributed by atoms with Crippen LogP contribution in [-0.4, -0.2) is 41.5 Å². The average molecular weight is 285 g/mol. The van der Waals surface area contributed by atoms with E-state index in [1.807, 2.05) is 12.1 Å². The Morgan fingerprint density at radius 3 is 2.81 bits per heavy atom. The molecular formula is C15H19N5O. The summed E-state index contributed by atoms with van der Waals surface area (Å²) in [5, 5.41) is 11.5. The normalized spacial score (nSPS) is 15.0. The van der Waals surface area contributed by atoms with Gasteiger partial charge in [-0.15, -0.1) is 5.10 Å². The number of hydrogen-bond acceptors (Lipinski definition) is 6. The fourth-order valence-electron chi connectivity index (χ4n) is 2.28. The maximum atomic E-state index is 5.34. The van der Waals surface area contributed by atoms with Crippen LogP contribution in [0.3, 0.4) is 0 Å². The van der Waals surface area contributed by atoms with E-state index in [4.69, 9.17) is 4.74 Å². The second-order valence-corrected chi connectivity index (χ2v) is 5.11. The van der Waals surface area contributed by atoms with E-state index in [-0.39, 0.29) is 0 Å². The van der Waals surface area contributed by atoms with Crippen molar-refractivity contribution in [3.63, 3.8) is 0 Å². The summed E-state index contributed by atoms with van der Waals surface area (Å²) >= 11 is 0. The van der Waals surface area contributed by atoms with Gasteiger partial charge in [-0.25, -0.2) is 0 Å². The molecule has 3 rings (SSSR count). The molecule has 0 aliphatic carbocycles. The summed E-state index contributed by atoms with van der Waals surface area (Å²) in [7, 11) is 0. The third kappa shape index (κ3) is 3.11. The number of aryl methyl sites for hydroxylation is 1. The van der Waals surface area contributed by atoms with Gasteiger partial charge < -0.3 is 15.0 Å². The SMILES string of the molecule is Cc1cccc(Nc2cnnc(N3CCOCC3)n2)c1C. The van der Waals surface area contributed by atoms with Gasteiger partial charge in [0.25, 0.3) is 0 Å². The standard InChI is InChI=1S/C15H19N5O/c1-11-4-3-5-13(12(11)2)17-14-10-16-19-15(18-14)20-6-8-21-9-7-20/h3-5,10H,6-9H2,1-2H3,(H,17,18,19). The third-order valence-electron chi connectivity index (χ3n) is 3.71. The van der Waals surface area contributed by atoms with Crippen LogP contribution in [0, 0.1) is 13.8 Å². The van der Waals surface area contributed by atoms with E-state index in [0.717, 1.165) is 18.8 Å². The molecule has 1 aliphatic heterocycles. The van der Waals surface area contributed by atoms with E-state index in [1.54, 1.807) is 6.20 Å². The van der Waals surface area contributed by atoms with Gasteiger partial charge >= 0.3 is 0 Å². The molecule has 1 aromatic heterocycles. The Morgan fingerprint density at radius 2 is 2.00 bits per heavy atom. The quantitative estimate of drug-likeness (QED) is 0.931. The predicted octanol–water partition coefficient (Wildman–Crippen LogP) is 2.07. The third-order valence-corrected chi connectivity index (χ3v) is 3.71. The number of benzene rings is 1. The molecule has 0 saturated carbocycles. The second kappa shape index (κ2) is 6.05. The molecule has 0 spiro atoms. The largest absolute Gasteiger partial charge is 0.378 e. The first kappa shape index (κ1) is 13.8. The highest BCUT2D eigenvalue weighted by molar-refractivity contribution is 5.62. The monoisotopic (exact) mass is 285 g/mol. The molecular weight excluding hydrogens is 266 g/mol. The topological polar surface area (TPSA) is 63.2 Å². The molecule has 21 heavy (non-hydrogen) atoms. The molecule has 0 unspecified atom stereocenters. The lowest BCUT2D eigenvalue weighted by atomic mass is 10.1. The van der Waals surface area contributed by atoms with E-state index < -0.39 is 0 Å². The van der Waals surface area contributed by atoms with E-state index >= 15 is 0 Å². The molecule has 2 aromatic rings. The predicted molar refractivity (Wildman–Crippen MR) is 82.1 cm³/mol. The Kier molecular flexibility index (Phi) is 3.96. The number of rotatable bonds is 3. The highest BCUT2D eigenvalue weighted by atomic mass is 16.5. The highest BCUT2D eigenvalue weighted by Crippen LogP contribution is 2.22. The summed E-state index contributed by atoms with van der Waals surface area (Å²) in [5.41, 5.74) is 3.50. The fourth-order valence-corrected chi connectivity index (χ4v) is 2.28. The van der Waals surface area contributed by atoms with Crippen LogP contribution in [0.4, 0.5) is 17.5 Å². The van der Waals surface area contributed by atoms with Crippen molar-refractivity contribution in [2.45, 2.75) is 13.8 Å². The van der Waals surface area contributed by atoms with Gasteiger partial charge in [-0.2, -0.15) is 10.1 Å². The van der Waals surface area contributed by atoms with Crippen LogP contribution >= 0.6 is 0 Å². The lowest BCUT2D eigenvalue weighted by Crippen LogP contribution is -2.37. The van der Waals surface area contributed by atoms with Gasteiger partial charge in [0.2, 0.25) is 5.95 Å². The Morgan fingerprint density at radius 1 is 1.19 bits per heavy atom. The van der Waals surface area contributed by atoms with E-state index in [2.05, 4.69) is 45.3 Å². The second-order valence-electron chi connectivity index (χ2n) is 5.11. The summed E-state index contributed by atoms with van der Waals surface area (Å²) in [6, 6.07) is 6.17. The molecule has 0 radical (unpaired) electrons. The van der Waals surface area contributed by atoms with Crippen LogP contribution in [-0.2, 0) is 4.74 Å². The number of anilines is 3. The van der Waals surface area contributed by atoms with Gasteiger partial charge in [-0.05, 0) is 31.0 Å². The molecule has 2 heterocycles. The van der Waals surface area contributed by atoms with Gasteiger partial charge in [0.1, 0.15) is 0 Å². The van der Waals surface area contributed by atoms with Gasteiger partial charge in [-0.3, -0.25) is 0 Å². The average Bonchev–Trinajstić information content (AvgIpc) is 2.53. The summed E-state index contributed by atoms with van der Waals surface area (Å²) < 4.78 is 5.34. The Balaban J connectivity index is 1.81.